The topological polar surface area (TPSA) is 73.1 Å². The number of nitrogens with zero attached hydrogens (tertiary/aromatic N) is 1. The molecule has 0 bridgehead atoms. The molecule has 2 N–H and O–H groups in total. The molecule has 0 aliphatic rings. The van der Waals surface area contributed by atoms with Crippen molar-refractivity contribution in [2.75, 3.05) is 0 Å². The van der Waals surface area contributed by atoms with Gasteiger partial charge in [0.05, 0.1) is 16.2 Å². The normalized spacial score (nSPS) is 12.1. The van der Waals surface area contributed by atoms with Gasteiger partial charge in [0.2, 0.25) is 0 Å². The van der Waals surface area contributed by atoms with Crippen LogP contribution in [-0.4, -0.2) is 13.4 Å². The molecule has 1 rings (SSSR count). The Labute approximate surface area is 89.5 Å². The molecule has 1 aromatic heterocycles. The molecule has 0 saturated heterocycles. The van der Waals surface area contributed by atoms with E-state index >= 15 is 0 Å². The average Bonchev–Trinajstić information content (AvgIpc) is 2.15. The Morgan fingerprint density at radius 2 is 2.13 bits per heavy atom. The summed E-state index contributed by atoms with van der Waals surface area (Å²) >= 11 is 0. The van der Waals surface area contributed by atoms with Crippen molar-refractivity contribution < 1.29 is 17.2 Å². The molecule has 0 atom stereocenters. The van der Waals surface area contributed by atoms with E-state index in [1.54, 1.807) is 0 Å². The van der Waals surface area contributed by atoms with E-state index in [9.17, 15) is 17.2 Å². The predicted molar refractivity (Wildman–Crippen MR) is 50.1 cm³/mol. The molecule has 0 spiro atoms. The molecule has 0 aromatic carbocycles. The number of hydrogen-bond donors (Lipinski definition) is 1. The Morgan fingerprint density at radius 1 is 1.53 bits per heavy atom. The second-order valence-electron chi connectivity index (χ2n) is 2.66. The summed E-state index contributed by atoms with van der Waals surface area (Å²) in [5.74, 6) is 0. The van der Waals surface area contributed by atoms with Crippen molar-refractivity contribution >= 4 is 19.7 Å². The zero-order valence-electron chi connectivity index (χ0n) is 7.32. The van der Waals surface area contributed by atoms with Crippen LogP contribution in [0.15, 0.2) is 17.2 Å². The molecule has 0 aliphatic carbocycles. The Hall–Kier alpha value is -0.790. The van der Waals surface area contributed by atoms with E-state index in [2.05, 4.69) is 4.98 Å². The van der Waals surface area contributed by atoms with Crippen molar-refractivity contribution in [1.29, 1.82) is 0 Å². The zero-order chi connectivity index (χ0) is 11.6. The molecule has 15 heavy (non-hydrogen) atoms. The Morgan fingerprint density at radius 3 is 2.53 bits per heavy atom. The molecular formula is C7H7ClF2N2O2S. The Bertz CT molecular complexity index is 464. The summed E-state index contributed by atoms with van der Waals surface area (Å²) in [6, 6.07) is 0.948. The van der Waals surface area contributed by atoms with Crippen LogP contribution < -0.4 is 5.73 Å². The van der Waals surface area contributed by atoms with Crippen molar-refractivity contribution in [1.82, 2.24) is 4.98 Å². The molecule has 0 aliphatic heterocycles. The number of hydrogen-bond acceptors (Lipinski definition) is 4. The van der Waals surface area contributed by atoms with E-state index in [1.807, 2.05) is 0 Å². The first-order chi connectivity index (χ1) is 6.86. The largest absolute Gasteiger partial charge is 0.325 e. The summed E-state index contributed by atoms with van der Waals surface area (Å²) in [5.41, 5.74) is 4.66. The minimum Gasteiger partial charge on any atom is -0.325 e. The fraction of sp³-hybridized carbons (Fsp3) is 0.286. The summed E-state index contributed by atoms with van der Waals surface area (Å²) in [5, 5.41) is 0. The summed E-state index contributed by atoms with van der Waals surface area (Å²) in [7, 11) is 0.793. The molecule has 1 heterocycles. The van der Waals surface area contributed by atoms with Gasteiger partial charge in [-0.15, -0.1) is 0 Å². The van der Waals surface area contributed by atoms with Crippen molar-refractivity contribution in [3.05, 3.63) is 23.5 Å². The maximum Gasteiger partial charge on any atom is 0.266 e. The van der Waals surface area contributed by atoms with Crippen LogP contribution >= 0.6 is 10.7 Å². The molecule has 0 saturated carbocycles. The van der Waals surface area contributed by atoms with Gasteiger partial charge < -0.3 is 5.73 Å². The van der Waals surface area contributed by atoms with Crippen molar-refractivity contribution in [2.45, 2.75) is 17.9 Å². The lowest BCUT2D eigenvalue weighted by Gasteiger charge is -2.06. The van der Waals surface area contributed by atoms with Gasteiger partial charge in [-0.1, -0.05) is 0 Å². The maximum atomic E-state index is 12.4. The molecule has 0 unspecified atom stereocenters. The number of rotatable bonds is 3. The third kappa shape index (κ3) is 2.83. The third-order valence-corrected chi connectivity index (χ3v) is 3.04. The van der Waals surface area contributed by atoms with Crippen molar-refractivity contribution in [2.24, 2.45) is 5.73 Å². The molecule has 84 valence electrons. The quantitative estimate of drug-likeness (QED) is 0.830. The fourth-order valence-electron chi connectivity index (χ4n) is 0.975. The van der Waals surface area contributed by atoms with E-state index in [1.165, 1.54) is 0 Å². The van der Waals surface area contributed by atoms with E-state index in [0.29, 0.717) is 0 Å². The molecule has 0 fully saturated rings. The first kappa shape index (κ1) is 12.3. The standard InChI is InChI=1S/C7H7ClF2N2O2S/c8-15(13,14)6-1-4(2-11)12-3-5(6)7(9)10/h1,3,7H,2,11H2. The number of aromatic nitrogens is 1. The number of nitrogens with two attached hydrogens (primary N) is 1. The minimum absolute atomic E-state index is 0.0527. The molecular weight excluding hydrogens is 250 g/mol. The maximum absolute atomic E-state index is 12.4. The van der Waals surface area contributed by atoms with Crippen LogP contribution in [0, 0.1) is 0 Å². The van der Waals surface area contributed by atoms with Gasteiger partial charge in [-0.25, -0.2) is 17.2 Å². The van der Waals surface area contributed by atoms with E-state index in [-0.39, 0.29) is 12.2 Å². The van der Waals surface area contributed by atoms with Gasteiger partial charge in [0, 0.05) is 23.4 Å². The fourth-order valence-corrected chi connectivity index (χ4v) is 2.08. The SMILES string of the molecule is NCc1cc(S(=O)(=O)Cl)c(C(F)F)cn1. The van der Waals surface area contributed by atoms with Gasteiger partial charge in [-0.3, -0.25) is 4.98 Å². The lowest BCUT2D eigenvalue weighted by molar-refractivity contribution is 0.147. The van der Waals surface area contributed by atoms with Gasteiger partial charge in [0.25, 0.3) is 15.5 Å². The van der Waals surface area contributed by atoms with E-state index < -0.39 is 25.9 Å². The van der Waals surface area contributed by atoms with Gasteiger partial charge in [-0.05, 0) is 6.07 Å². The van der Waals surface area contributed by atoms with Crippen LogP contribution in [0.25, 0.3) is 0 Å². The highest BCUT2D eigenvalue weighted by Crippen LogP contribution is 2.28. The highest BCUT2D eigenvalue weighted by Gasteiger charge is 2.22. The number of pyridine rings is 1. The zero-order valence-corrected chi connectivity index (χ0v) is 8.89. The molecule has 0 radical (unpaired) electrons. The minimum atomic E-state index is -4.21. The first-order valence-electron chi connectivity index (χ1n) is 3.78. The Balaban J connectivity index is 3.43. The van der Waals surface area contributed by atoms with Gasteiger partial charge in [0.1, 0.15) is 0 Å². The lowest BCUT2D eigenvalue weighted by Crippen LogP contribution is -2.05. The van der Waals surface area contributed by atoms with Gasteiger partial charge in [0.15, 0.2) is 0 Å². The molecule has 4 nitrogen and oxygen atoms in total. The van der Waals surface area contributed by atoms with Crippen molar-refractivity contribution in [3.8, 4) is 0 Å². The van der Waals surface area contributed by atoms with Gasteiger partial charge >= 0.3 is 0 Å². The summed E-state index contributed by atoms with van der Waals surface area (Å²) in [4.78, 5) is 2.92. The van der Waals surface area contributed by atoms with Crippen LogP contribution in [0.1, 0.15) is 17.7 Å². The summed E-state index contributed by atoms with van der Waals surface area (Å²) < 4.78 is 46.8. The third-order valence-electron chi connectivity index (χ3n) is 1.66. The number of halogens is 3. The summed E-state index contributed by atoms with van der Waals surface area (Å²) in [6.07, 6.45) is -2.19. The highest BCUT2D eigenvalue weighted by molar-refractivity contribution is 8.13. The van der Waals surface area contributed by atoms with Crippen LogP contribution in [0.2, 0.25) is 0 Å². The van der Waals surface area contributed by atoms with Crippen molar-refractivity contribution in [3.63, 3.8) is 0 Å². The molecule has 1 aromatic rings. The van der Waals surface area contributed by atoms with Crippen LogP contribution in [0.3, 0.4) is 0 Å². The smallest absolute Gasteiger partial charge is 0.266 e. The predicted octanol–water partition coefficient (Wildman–Crippen LogP) is 1.41. The number of alkyl halides is 2. The van der Waals surface area contributed by atoms with Crippen LogP contribution in [0.4, 0.5) is 8.78 Å². The van der Waals surface area contributed by atoms with Crippen LogP contribution in [0.5, 0.6) is 0 Å². The van der Waals surface area contributed by atoms with E-state index in [0.717, 1.165) is 12.3 Å². The van der Waals surface area contributed by atoms with E-state index in [4.69, 9.17) is 16.4 Å². The van der Waals surface area contributed by atoms with Gasteiger partial charge in [-0.2, -0.15) is 0 Å². The van der Waals surface area contributed by atoms with Crippen LogP contribution in [-0.2, 0) is 15.6 Å². The molecule has 0 amide bonds. The second kappa shape index (κ2) is 4.38. The Kier molecular flexibility index (Phi) is 3.58. The summed E-state index contributed by atoms with van der Waals surface area (Å²) in [6.45, 7) is -0.0527. The first-order valence-corrected chi connectivity index (χ1v) is 6.09. The second-order valence-corrected chi connectivity index (χ2v) is 5.19. The monoisotopic (exact) mass is 256 g/mol. The lowest BCUT2D eigenvalue weighted by atomic mass is 10.2. The average molecular weight is 257 g/mol. The highest BCUT2D eigenvalue weighted by atomic mass is 35.7. The molecule has 8 heteroatoms.